The molecule has 3 N–H and O–H groups in total. The molecule has 5 heteroatoms. The third-order valence-electron chi connectivity index (χ3n) is 3.88. The number of nitrogens with one attached hydrogen (secondary N) is 2. The van der Waals surface area contributed by atoms with E-state index in [-0.39, 0.29) is 23.0 Å². The van der Waals surface area contributed by atoms with E-state index in [4.69, 9.17) is 0 Å². The molecular weight excluding hydrogens is 242 g/mol. The van der Waals surface area contributed by atoms with Gasteiger partial charge in [0.1, 0.15) is 0 Å². The molecule has 2 rings (SSSR count). The van der Waals surface area contributed by atoms with Gasteiger partial charge in [0, 0.05) is 18.2 Å². The Hall–Kier alpha value is -1.62. The molecule has 19 heavy (non-hydrogen) atoms. The van der Waals surface area contributed by atoms with E-state index in [1.807, 2.05) is 7.05 Å². The monoisotopic (exact) mass is 263 g/mol. The van der Waals surface area contributed by atoms with Gasteiger partial charge in [-0.2, -0.15) is 0 Å². The van der Waals surface area contributed by atoms with Gasteiger partial charge in [-0.05, 0) is 32.0 Å². The van der Waals surface area contributed by atoms with E-state index in [1.54, 1.807) is 12.3 Å². The molecule has 0 radical (unpaired) electrons. The van der Waals surface area contributed by atoms with E-state index in [1.165, 1.54) is 12.5 Å². The van der Waals surface area contributed by atoms with Gasteiger partial charge in [-0.3, -0.25) is 4.79 Å². The first-order valence-corrected chi connectivity index (χ1v) is 6.78. The zero-order valence-electron chi connectivity index (χ0n) is 11.3. The number of hydrogen-bond acceptors (Lipinski definition) is 4. The van der Waals surface area contributed by atoms with Gasteiger partial charge in [0.25, 0.3) is 0 Å². The molecule has 1 aromatic rings. The van der Waals surface area contributed by atoms with Crippen LogP contribution in [0.15, 0.2) is 18.3 Å². The molecule has 1 fully saturated rings. The number of aromatic nitrogens is 1. The molecule has 0 atom stereocenters. The summed E-state index contributed by atoms with van der Waals surface area (Å²) in [6, 6.07) is 3.14. The minimum absolute atomic E-state index is 0.00185. The maximum atomic E-state index is 12.1. The zero-order valence-corrected chi connectivity index (χ0v) is 11.3. The average molecular weight is 263 g/mol. The van der Waals surface area contributed by atoms with Crippen LogP contribution in [0.1, 0.15) is 38.5 Å². The number of aromatic hydroxyl groups is 1. The average Bonchev–Trinajstić information content (AvgIpc) is 2.42. The van der Waals surface area contributed by atoms with E-state index < -0.39 is 0 Å². The third-order valence-corrected chi connectivity index (χ3v) is 3.88. The molecule has 1 aromatic heterocycles. The second kappa shape index (κ2) is 6.02. The lowest BCUT2D eigenvalue weighted by Crippen LogP contribution is -2.47. The van der Waals surface area contributed by atoms with E-state index in [2.05, 4.69) is 15.6 Å². The summed E-state index contributed by atoms with van der Waals surface area (Å²) >= 11 is 0. The quantitative estimate of drug-likeness (QED) is 0.777. The van der Waals surface area contributed by atoms with Crippen LogP contribution in [0, 0.1) is 0 Å². The Labute approximate surface area is 113 Å². The third kappa shape index (κ3) is 3.44. The maximum Gasteiger partial charge on any atom is 0.227 e. The van der Waals surface area contributed by atoms with Crippen molar-refractivity contribution < 1.29 is 9.90 Å². The van der Waals surface area contributed by atoms with Crippen molar-refractivity contribution in [2.45, 2.75) is 44.1 Å². The normalized spacial score (nSPS) is 17.9. The maximum absolute atomic E-state index is 12.1. The Kier molecular flexibility index (Phi) is 4.37. The smallest absolute Gasteiger partial charge is 0.227 e. The summed E-state index contributed by atoms with van der Waals surface area (Å²) in [4.78, 5) is 16.1. The van der Waals surface area contributed by atoms with Crippen molar-refractivity contribution in [2.24, 2.45) is 0 Å². The molecule has 0 spiro atoms. The second-order valence-corrected chi connectivity index (χ2v) is 5.19. The van der Waals surface area contributed by atoms with Crippen molar-refractivity contribution in [3.63, 3.8) is 0 Å². The highest BCUT2D eigenvalue weighted by Gasteiger charge is 2.32. The van der Waals surface area contributed by atoms with Crippen LogP contribution in [0.3, 0.4) is 0 Å². The molecule has 5 nitrogen and oxygen atoms in total. The fourth-order valence-electron chi connectivity index (χ4n) is 2.72. The first-order valence-electron chi connectivity index (χ1n) is 6.78. The van der Waals surface area contributed by atoms with E-state index in [0.29, 0.717) is 6.42 Å². The number of amides is 1. The minimum Gasteiger partial charge on any atom is -0.504 e. The summed E-state index contributed by atoms with van der Waals surface area (Å²) in [5.41, 5.74) is -0.104. The predicted octanol–water partition coefficient (Wildman–Crippen LogP) is 2.04. The highest BCUT2D eigenvalue weighted by molar-refractivity contribution is 5.91. The zero-order chi connectivity index (χ0) is 13.7. The summed E-state index contributed by atoms with van der Waals surface area (Å²) in [6.45, 7) is 0. The Balaban J connectivity index is 1.98. The molecule has 0 unspecified atom stereocenters. The molecule has 1 heterocycles. The van der Waals surface area contributed by atoms with Crippen molar-refractivity contribution in [3.05, 3.63) is 18.3 Å². The fourth-order valence-corrected chi connectivity index (χ4v) is 2.72. The van der Waals surface area contributed by atoms with Crippen molar-refractivity contribution >= 4 is 11.7 Å². The minimum atomic E-state index is -0.106. The molecule has 0 saturated heterocycles. The topological polar surface area (TPSA) is 74.2 Å². The molecule has 0 aromatic carbocycles. The van der Waals surface area contributed by atoms with Crippen LogP contribution >= 0.6 is 0 Å². The lowest BCUT2D eigenvalue weighted by atomic mass is 9.79. The Morgan fingerprint density at radius 3 is 2.79 bits per heavy atom. The second-order valence-electron chi connectivity index (χ2n) is 5.19. The van der Waals surface area contributed by atoms with Crippen LogP contribution in [-0.4, -0.2) is 28.6 Å². The molecule has 1 aliphatic rings. The van der Waals surface area contributed by atoms with Crippen LogP contribution in [0.5, 0.6) is 5.75 Å². The van der Waals surface area contributed by atoms with Crippen LogP contribution in [0.2, 0.25) is 0 Å². The van der Waals surface area contributed by atoms with Gasteiger partial charge in [0.05, 0.1) is 0 Å². The number of nitrogens with zero attached hydrogens (tertiary/aromatic N) is 1. The molecule has 0 bridgehead atoms. The first-order chi connectivity index (χ1) is 9.15. The number of hydrogen-bond donors (Lipinski definition) is 3. The van der Waals surface area contributed by atoms with Gasteiger partial charge in [-0.1, -0.05) is 19.3 Å². The number of anilines is 1. The Morgan fingerprint density at radius 2 is 2.16 bits per heavy atom. The van der Waals surface area contributed by atoms with Gasteiger partial charge in [-0.25, -0.2) is 4.98 Å². The summed E-state index contributed by atoms with van der Waals surface area (Å²) in [5.74, 6) is 0.123. The summed E-state index contributed by atoms with van der Waals surface area (Å²) in [5, 5.41) is 15.6. The molecular formula is C14H21N3O2. The number of pyridine rings is 1. The van der Waals surface area contributed by atoms with Crippen LogP contribution in [-0.2, 0) is 4.79 Å². The van der Waals surface area contributed by atoms with Crippen LogP contribution < -0.4 is 10.6 Å². The predicted molar refractivity (Wildman–Crippen MR) is 74.0 cm³/mol. The summed E-state index contributed by atoms with van der Waals surface area (Å²) in [7, 11) is 1.91. The lowest BCUT2D eigenvalue weighted by Gasteiger charge is -2.36. The van der Waals surface area contributed by atoms with Crippen LogP contribution in [0.4, 0.5) is 5.82 Å². The molecule has 104 valence electrons. The van der Waals surface area contributed by atoms with E-state index in [9.17, 15) is 9.90 Å². The Bertz CT molecular complexity index is 442. The standard InChI is InChI=1S/C14H21N3O2/c1-15-14(7-3-2-4-8-14)10-12(19)17-13-11(18)6-5-9-16-13/h5-6,9,15,18H,2-4,7-8,10H2,1H3,(H,16,17,19). The fraction of sp³-hybridized carbons (Fsp3) is 0.571. The van der Waals surface area contributed by atoms with Crippen molar-refractivity contribution in [2.75, 3.05) is 12.4 Å². The van der Waals surface area contributed by atoms with Gasteiger partial charge in [0.2, 0.25) is 5.91 Å². The Morgan fingerprint density at radius 1 is 1.42 bits per heavy atom. The summed E-state index contributed by atoms with van der Waals surface area (Å²) < 4.78 is 0. The lowest BCUT2D eigenvalue weighted by molar-refractivity contribution is -0.118. The number of carbonyl (C=O) groups is 1. The number of carbonyl (C=O) groups excluding carboxylic acids is 1. The molecule has 1 amide bonds. The highest BCUT2D eigenvalue weighted by atomic mass is 16.3. The van der Waals surface area contributed by atoms with Gasteiger partial charge >= 0.3 is 0 Å². The number of rotatable bonds is 4. The SMILES string of the molecule is CNC1(CC(=O)Nc2ncccc2O)CCCCC1. The van der Waals surface area contributed by atoms with Gasteiger partial charge < -0.3 is 15.7 Å². The highest BCUT2D eigenvalue weighted by Crippen LogP contribution is 2.31. The van der Waals surface area contributed by atoms with Crippen molar-refractivity contribution in [3.8, 4) is 5.75 Å². The molecule has 0 aliphatic heterocycles. The van der Waals surface area contributed by atoms with Gasteiger partial charge in [0.15, 0.2) is 11.6 Å². The van der Waals surface area contributed by atoms with Crippen molar-refractivity contribution in [1.29, 1.82) is 0 Å². The van der Waals surface area contributed by atoms with E-state index >= 15 is 0 Å². The largest absolute Gasteiger partial charge is 0.504 e. The van der Waals surface area contributed by atoms with Crippen molar-refractivity contribution in [1.82, 2.24) is 10.3 Å². The molecule has 1 aliphatic carbocycles. The summed E-state index contributed by atoms with van der Waals surface area (Å²) in [6.07, 6.45) is 7.55. The van der Waals surface area contributed by atoms with Gasteiger partial charge in [-0.15, -0.1) is 0 Å². The van der Waals surface area contributed by atoms with E-state index in [0.717, 1.165) is 25.7 Å². The molecule has 1 saturated carbocycles. The van der Waals surface area contributed by atoms with Crippen LogP contribution in [0.25, 0.3) is 0 Å². The first kappa shape index (κ1) is 13.8.